The fraction of sp³-hybridized carbons (Fsp3) is 0.469. The lowest BCUT2D eigenvalue weighted by molar-refractivity contribution is -0.146. The number of hydrogen-bond donors (Lipinski definition) is 3. The van der Waals surface area contributed by atoms with Crippen molar-refractivity contribution >= 4 is 28.6 Å². The molecule has 0 radical (unpaired) electrons. The summed E-state index contributed by atoms with van der Waals surface area (Å²) < 4.78 is 0. The molecule has 2 saturated heterocycles. The van der Waals surface area contributed by atoms with Gasteiger partial charge in [-0.25, -0.2) is 0 Å². The van der Waals surface area contributed by atoms with E-state index in [1.165, 1.54) is 0 Å². The summed E-state index contributed by atoms with van der Waals surface area (Å²) in [6, 6.07) is 17.4. The lowest BCUT2D eigenvalue weighted by Crippen LogP contribution is -2.60. The normalized spacial score (nSPS) is 22.4. The van der Waals surface area contributed by atoms with Crippen LogP contribution in [0.15, 0.2) is 60.8 Å². The third kappa shape index (κ3) is 5.12. The molecule has 40 heavy (non-hydrogen) atoms. The molecule has 1 spiro atoms. The molecule has 3 heterocycles. The van der Waals surface area contributed by atoms with Crippen LogP contribution in [0.25, 0.3) is 10.9 Å². The van der Waals surface area contributed by atoms with Crippen LogP contribution in [-0.4, -0.2) is 69.8 Å². The van der Waals surface area contributed by atoms with Gasteiger partial charge in [-0.15, -0.1) is 0 Å². The SMILES string of the molecule is CC(C)N1CC(c2ccccc2)C2(CCCN(C(=O)[C@@H](Cc3c[nH]c4ccccc34)NC(=O)C(C)(C)N)C2)C1=O. The summed E-state index contributed by atoms with van der Waals surface area (Å²) in [5.41, 5.74) is 7.33. The highest BCUT2D eigenvalue weighted by molar-refractivity contribution is 5.93. The number of aromatic nitrogens is 1. The van der Waals surface area contributed by atoms with E-state index in [4.69, 9.17) is 5.73 Å². The van der Waals surface area contributed by atoms with Crippen molar-refractivity contribution in [2.24, 2.45) is 11.1 Å². The molecule has 3 aromatic rings. The molecule has 4 N–H and O–H groups in total. The van der Waals surface area contributed by atoms with Gasteiger partial charge in [-0.3, -0.25) is 14.4 Å². The number of fused-ring (bicyclic) bond motifs is 1. The van der Waals surface area contributed by atoms with E-state index in [9.17, 15) is 14.4 Å². The number of aromatic amines is 1. The minimum absolute atomic E-state index is 0.0103. The molecule has 2 aliphatic heterocycles. The molecule has 0 bridgehead atoms. The van der Waals surface area contributed by atoms with Crippen LogP contribution in [0.3, 0.4) is 0 Å². The van der Waals surface area contributed by atoms with E-state index < -0.39 is 17.0 Å². The van der Waals surface area contributed by atoms with Gasteiger partial charge in [-0.1, -0.05) is 48.5 Å². The second-order valence-corrected chi connectivity index (χ2v) is 12.3. The number of rotatable bonds is 7. The number of H-pyrrole nitrogens is 1. The van der Waals surface area contributed by atoms with Crippen LogP contribution >= 0.6 is 0 Å². The van der Waals surface area contributed by atoms with Crippen molar-refractivity contribution in [1.82, 2.24) is 20.1 Å². The first kappa shape index (κ1) is 27.9. The van der Waals surface area contributed by atoms with Crippen LogP contribution < -0.4 is 11.1 Å². The Bertz CT molecular complexity index is 1390. The average molecular weight is 544 g/mol. The van der Waals surface area contributed by atoms with Gasteiger partial charge in [0.15, 0.2) is 0 Å². The summed E-state index contributed by atoms with van der Waals surface area (Å²) in [7, 11) is 0. The van der Waals surface area contributed by atoms with Crippen LogP contribution in [0.4, 0.5) is 0 Å². The van der Waals surface area contributed by atoms with Crippen molar-refractivity contribution in [3.05, 3.63) is 71.9 Å². The van der Waals surface area contributed by atoms with E-state index >= 15 is 0 Å². The topological polar surface area (TPSA) is 112 Å². The molecule has 212 valence electrons. The first-order chi connectivity index (χ1) is 19.0. The van der Waals surface area contributed by atoms with E-state index in [-0.39, 0.29) is 29.7 Å². The molecule has 2 fully saturated rings. The fourth-order valence-electron chi connectivity index (χ4n) is 6.46. The fourth-order valence-corrected chi connectivity index (χ4v) is 6.46. The summed E-state index contributed by atoms with van der Waals surface area (Å²) in [6.45, 7) is 8.88. The Morgan fingerprint density at radius 1 is 1.12 bits per heavy atom. The molecule has 3 amide bonds. The third-order valence-electron chi connectivity index (χ3n) is 8.68. The minimum atomic E-state index is -1.14. The van der Waals surface area contributed by atoms with Gasteiger partial charge in [0.1, 0.15) is 6.04 Å². The molecular weight excluding hydrogens is 502 g/mol. The minimum Gasteiger partial charge on any atom is -0.361 e. The van der Waals surface area contributed by atoms with Gasteiger partial charge in [-0.05, 0) is 57.7 Å². The summed E-state index contributed by atoms with van der Waals surface area (Å²) >= 11 is 0. The largest absolute Gasteiger partial charge is 0.361 e. The Hall–Kier alpha value is -3.65. The van der Waals surface area contributed by atoms with Crippen molar-refractivity contribution < 1.29 is 14.4 Å². The summed E-state index contributed by atoms with van der Waals surface area (Å²) in [4.78, 5) is 48.4. The number of piperidine rings is 1. The van der Waals surface area contributed by atoms with Gasteiger partial charge in [0.2, 0.25) is 17.7 Å². The zero-order valence-corrected chi connectivity index (χ0v) is 23.9. The van der Waals surface area contributed by atoms with Gasteiger partial charge < -0.3 is 25.8 Å². The van der Waals surface area contributed by atoms with Crippen molar-refractivity contribution in [2.75, 3.05) is 19.6 Å². The number of nitrogens with one attached hydrogen (secondary N) is 2. The second kappa shape index (κ2) is 10.7. The van der Waals surface area contributed by atoms with Crippen LogP contribution in [0.1, 0.15) is 57.6 Å². The first-order valence-electron chi connectivity index (χ1n) is 14.3. The van der Waals surface area contributed by atoms with Crippen LogP contribution in [0.5, 0.6) is 0 Å². The zero-order chi connectivity index (χ0) is 28.7. The summed E-state index contributed by atoms with van der Waals surface area (Å²) in [5, 5.41) is 3.97. The molecule has 3 atom stereocenters. The molecule has 5 rings (SSSR count). The monoisotopic (exact) mass is 543 g/mol. The quantitative estimate of drug-likeness (QED) is 0.423. The number of nitrogens with zero attached hydrogens (tertiary/aromatic N) is 2. The maximum absolute atomic E-state index is 14.3. The smallest absolute Gasteiger partial charge is 0.245 e. The summed E-state index contributed by atoms with van der Waals surface area (Å²) in [5.74, 6) is -0.454. The van der Waals surface area contributed by atoms with Crippen LogP contribution in [0, 0.1) is 5.41 Å². The molecule has 2 unspecified atom stereocenters. The lowest BCUT2D eigenvalue weighted by Gasteiger charge is -2.43. The van der Waals surface area contributed by atoms with E-state index in [0.717, 1.165) is 34.9 Å². The van der Waals surface area contributed by atoms with Crippen LogP contribution in [-0.2, 0) is 20.8 Å². The van der Waals surface area contributed by atoms with E-state index in [0.29, 0.717) is 26.1 Å². The number of nitrogens with two attached hydrogens (primary N) is 1. The number of carbonyl (C=O) groups excluding carboxylic acids is 3. The molecule has 8 heteroatoms. The van der Waals surface area contributed by atoms with Crippen LogP contribution in [0.2, 0.25) is 0 Å². The number of para-hydroxylation sites is 1. The van der Waals surface area contributed by atoms with Gasteiger partial charge in [0, 0.05) is 55.1 Å². The number of amides is 3. The molecule has 2 aliphatic rings. The molecule has 8 nitrogen and oxygen atoms in total. The Morgan fingerprint density at radius 3 is 2.52 bits per heavy atom. The molecule has 0 aliphatic carbocycles. The van der Waals surface area contributed by atoms with Gasteiger partial charge in [0.05, 0.1) is 11.0 Å². The van der Waals surface area contributed by atoms with Crippen molar-refractivity contribution in [3.8, 4) is 0 Å². The van der Waals surface area contributed by atoms with Gasteiger partial charge in [0.25, 0.3) is 0 Å². The molecule has 0 saturated carbocycles. The van der Waals surface area contributed by atoms with Gasteiger partial charge in [-0.2, -0.15) is 0 Å². The highest BCUT2D eigenvalue weighted by Gasteiger charge is 2.57. The average Bonchev–Trinajstić information content (AvgIpc) is 3.46. The zero-order valence-electron chi connectivity index (χ0n) is 23.9. The Kier molecular flexibility index (Phi) is 7.48. The number of likely N-dealkylation sites (tertiary alicyclic amines) is 2. The number of hydrogen-bond acceptors (Lipinski definition) is 4. The highest BCUT2D eigenvalue weighted by Crippen LogP contribution is 2.50. The van der Waals surface area contributed by atoms with Gasteiger partial charge >= 0.3 is 0 Å². The Labute approximate surface area is 236 Å². The van der Waals surface area contributed by atoms with E-state index in [1.807, 2.05) is 72.3 Å². The predicted molar refractivity (Wildman–Crippen MR) is 156 cm³/mol. The summed E-state index contributed by atoms with van der Waals surface area (Å²) in [6.07, 6.45) is 3.67. The highest BCUT2D eigenvalue weighted by atomic mass is 16.2. The lowest BCUT2D eigenvalue weighted by atomic mass is 9.69. The molecular formula is C32H41N5O3. The van der Waals surface area contributed by atoms with Crippen molar-refractivity contribution in [3.63, 3.8) is 0 Å². The molecule has 2 aromatic carbocycles. The maximum Gasteiger partial charge on any atom is 0.245 e. The number of benzene rings is 2. The first-order valence-corrected chi connectivity index (χ1v) is 14.3. The van der Waals surface area contributed by atoms with E-state index in [1.54, 1.807) is 13.8 Å². The maximum atomic E-state index is 14.3. The Balaban J connectivity index is 1.47. The molecule has 1 aromatic heterocycles. The van der Waals surface area contributed by atoms with Crippen molar-refractivity contribution in [2.45, 2.75) is 70.5 Å². The van der Waals surface area contributed by atoms with Crippen molar-refractivity contribution in [1.29, 1.82) is 0 Å². The Morgan fingerprint density at radius 2 is 1.82 bits per heavy atom. The second-order valence-electron chi connectivity index (χ2n) is 12.3. The number of carbonyl (C=O) groups is 3. The predicted octanol–water partition coefficient (Wildman–Crippen LogP) is 3.58. The third-order valence-corrected chi connectivity index (χ3v) is 8.68. The standard InChI is InChI=1S/C32H41N5O3/c1-21(2)37-19-25(22-11-6-5-7-12-22)32(30(37)40)15-10-16-36(20-32)28(38)27(35-29(39)31(3,4)33)17-23-18-34-26-14-9-8-13-24(23)26/h5-9,11-14,18,21,25,27,34H,10,15-17,19-20,33H2,1-4H3,(H,35,39)/t25?,27-,32?/m1/s1. The van der Waals surface area contributed by atoms with E-state index in [2.05, 4.69) is 22.4 Å².